The van der Waals surface area contributed by atoms with Crippen LogP contribution < -0.4 is 10.2 Å². The van der Waals surface area contributed by atoms with Gasteiger partial charge in [0.15, 0.2) is 0 Å². The number of benzene rings is 1. The molecule has 0 amide bonds. The Morgan fingerprint density at radius 1 is 1.25 bits per heavy atom. The first-order valence-corrected chi connectivity index (χ1v) is 5.28. The number of nitrogens with zero attached hydrogens (tertiary/aromatic N) is 1. The van der Waals surface area contributed by atoms with Gasteiger partial charge in [-0.2, -0.15) is 0 Å². The maximum Gasteiger partial charge on any atom is 0.0952 e. The summed E-state index contributed by atoms with van der Waals surface area (Å²) in [4.78, 5) is 2.09. The minimum atomic E-state index is 0.785. The van der Waals surface area contributed by atoms with Gasteiger partial charge in [-0.15, -0.1) is 0 Å². The molecule has 1 aromatic heterocycles. The number of hydrogen-bond acceptors (Lipinski definition) is 3. The topological polar surface area (TPSA) is 28.4 Å². The molecule has 1 aromatic carbocycles. The summed E-state index contributed by atoms with van der Waals surface area (Å²) in [6.45, 7) is 0.785. The molecule has 0 saturated carbocycles. The molecule has 0 unspecified atom stereocenters. The fraction of sp³-hybridized carbons (Fsp3) is 0.231. The molecule has 2 aromatic rings. The van der Waals surface area contributed by atoms with E-state index in [0.717, 1.165) is 17.8 Å². The maximum absolute atomic E-state index is 5.02. The van der Waals surface area contributed by atoms with Crippen molar-refractivity contribution in [2.45, 2.75) is 6.54 Å². The van der Waals surface area contributed by atoms with Gasteiger partial charge in [0.25, 0.3) is 0 Å². The summed E-state index contributed by atoms with van der Waals surface area (Å²) in [7, 11) is 4.07. The molecule has 0 saturated heterocycles. The summed E-state index contributed by atoms with van der Waals surface area (Å²) in [5.74, 6) is 0. The third-order valence-electron chi connectivity index (χ3n) is 2.44. The van der Waals surface area contributed by atoms with Crippen LogP contribution in [0.5, 0.6) is 0 Å². The third-order valence-corrected chi connectivity index (χ3v) is 2.44. The Morgan fingerprint density at radius 3 is 2.81 bits per heavy atom. The van der Waals surface area contributed by atoms with Crippen LogP contribution in [-0.2, 0) is 6.54 Å². The van der Waals surface area contributed by atoms with Gasteiger partial charge in [0, 0.05) is 37.6 Å². The van der Waals surface area contributed by atoms with Gasteiger partial charge < -0.3 is 14.6 Å². The summed E-state index contributed by atoms with van der Waals surface area (Å²) in [6, 6.07) is 10.3. The van der Waals surface area contributed by atoms with E-state index < -0.39 is 0 Å². The zero-order valence-corrected chi connectivity index (χ0v) is 9.60. The van der Waals surface area contributed by atoms with Crippen molar-refractivity contribution in [3.63, 3.8) is 0 Å². The number of anilines is 2. The normalized spacial score (nSPS) is 10.1. The van der Waals surface area contributed by atoms with E-state index in [1.807, 2.05) is 26.2 Å². The van der Waals surface area contributed by atoms with Crippen LogP contribution in [0.4, 0.5) is 11.4 Å². The lowest BCUT2D eigenvalue weighted by Gasteiger charge is -2.14. The SMILES string of the molecule is CN(C)c1cccc(NCc2ccoc2)c1. The molecule has 0 fully saturated rings. The predicted molar refractivity (Wildman–Crippen MR) is 66.8 cm³/mol. The van der Waals surface area contributed by atoms with Crippen LogP contribution in [0.15, 0.2) is 47.3 Å². The van der Waals surface area contributed by atoms with Crippen LogP contribution in [0, 0.1) is 0 Å². The Kier molecular flexibility index (Phi) is 3.15. The average Bonchev–Trinajstić information content (AvgIpc) is 2.79. The third kappa shape index (κ3) is 2.57. The van der Waals surface area contributed by atoms with Gasteiger partial charge in [0.1, 0.15) is 0 Å². The van der Waals surface area contributed by atoms with Crippen LogP contribution >= 0.6 is 0 Å². The quantitative estimate of drug-likeness (QED) is 0.851. The van der Waals surface area contributed by atoms with E-state index in [9.17, 15) is 0 Å². The minimum Gasteiger partial charge on any atom is -0.472 e. The van der Waals surface area contributed by atoms with Gasteiger partial charge in [-0.3, -0.25) is 0 Å². The van der Waals surface area contributed by atoms with E-state index in [2.05, 4.69) is 28.4 Å². The summed E-state index contributed by atoms with van der Waals surface area (Å²) in [5, 5.41) is 3.36. The smallest absolute Gasteiger partial charge is 0.0952 e. The Balaban J connectivity index is 2.01. The number of nitrogens with one attached hydrogen (secondary N) is 1. The molecule has 0 aliphatic carbocycles. The lowest BCUT2D eigenvalue weighted by Crippen LogP contribution is -2.09. The summed E-state index contributed by atoms with van der Waals surface area (Å²) >= 11 is 0. The second-order valence-electron chi connectivity index (χ2n) is 3.93. The van der Waals surface area contributed by atoms with E-state index in [4.69, 9.17) is 4.42 Å². The standard InChI is InChI=1S/C13H16N2O/c1-15(2)13-5-3-4-12(8-13)14-9-11-6-7-16-10-11/h3-8,10,14H,9H2,1-2H3. The number of furan rings is 1. The Morgan fingerprint density at radius 2 is 2.12 bits per heavy atom. The average molecular weight is 216 g/mol. The molecule has 0 radical (unpaired) electrons. The predicted octanol–water partition coefficient (Wildman–Crippen LogP) is 2.96. The Hall–Kier alpha value is -1.90. The fourth-order valence-electron chi connectivity index (χ4n) is 1.49. The first kappa shape index (κ1) is 10.6. The molecule has 0 aliphatic rings. The molecule has 0 aliphatic heterocycles. The van der Waals surface area contributed by atoms with Gasteiger partial charge >= 0.3 is 0 Å². The molecule has 1 N–H and O–H groups in total. The first-order chi connectivity index (χ1) is 7.75. The lowest BCUT2D eigenvalue weighted by molar-refractivity contribution is 0.564. The molecule has 2 rings (SSSR count). The molecular weight excluding hydrogens is 200 g/mol. The van der Waals surface area contributed by atoms with Gasteiger partial charge in [-0.1, -0.05) is 6.07 Å². The molecule has 3 heteroatoms. The van der Waals surface area contributed by atoms with Crippen LogP contribution in [0.1, 0.15) is 5.56 Å². The highest BCUT2D eigenvalue weighted by atomic mass is 16.3. The number of hydrogen-bond donors (Lipinski definition) is 1. The highest BCUT2D eigenvalue weighted by Crippen LogP contribution is 2.17. The van der Waals surface area contributed by atoms with Crippen molar-refractivity contribution in [1.29, 1.82) is 0 Å². The van der Waals surface area contributed by atoms with E-state index in [-0.39, 0.29) is 0 Å². The van der Waals surface area contributed by atoms with Crippen molar-refractivity contribution in [3.05, 3.63) is 48.4 Å². The molecule has 0 spiro atoms. The van der Waals surface area contributed by atoms with Crippen molar-refractivity contribution >= 4 is 11.4 Å². The van der Waals surface area contributed by atoms with Crippen LogP contribution in [0.2, 0.25) is 0 Å². The van der Waals surface area contributed by atoms with Gasteiger partial charge in [0.2, 0.25) is 0 Å². The monoisotopic (exact) mass is 216 g/mol. The molecular formula is C13H16N2O. The number of rotatable bonds is 4. The Bertz CT molecular complexity index is 435. The van der Waals surface area contributed by atoms with Gasteiger partial charge in [0.05, 0.1) is 12.5 Å². The maximum atomic E-state index is 5.02. The zero-order valence-electron chi connectivity index (χ0n) is 9.60. The second-order valence-corrected chi connectivity index (χ2v) is 3.93. The fourth-order valence-corrected chi connectivity index (χ4v) is 1.49. The first-order valence-electron chi connectivity index (χ1n) is 5.28. The minimum absolute atomic E-state index is 0.785. The molecule has 0 bridgehead atoms. The summed E-state index contributed by atoms with van der Waals surface area (Å²) in [6.07, 6.45) is 3.44. The summed E-state index contributed by atoms with van der Waals surface area (Å²) in [5.41, 5.74) is 3.46. The largest absolute Gasteiger partial charge is 0.472 e. The van der Waals surface area contributed by atoms with E-state index in [1.54, 1.807) is 12.5 Å². The Labute approximate surface area is 95.7 Å². The van der Waals surface area contributed by atoms with Crippen molar-refractivity contribution in [2.75, 3.05) is 24.3 Å². The highest BCUT2D eigenvalue weighted by Gasteiger charge is 1.98. The molecule has 3 nitrogen and oxygen atoms in total. The lowest BCUT2D eigenvalue weighted by atomic mass is 10.2. The van der Waals surface area contributed by atoms with E-state index in [0.29, 0.717) is 0 Å². The van der Waals surface area contributed by atoms with Gasteiger partial charge in [-0.05, 0) is 24.3 Å². The second kappa shape index (κ2) is 4.75. The molecule has 84 valence electrons. The highest BCUT2D eigenvalue weighted by molar-refractivity contribution is 5.57. The van der Waals surface area contributed by atoms with Crippen LogP contribution in [0.3, 0.4) is 0 Å². The summed E-state index contributed by atoms with van der Waals surface area (Å²) < 4.78 is 5.02. The molecule has 16 heavy (non-hydrogen) atoms. The van der Waals surface area contributed by atoms with E-state index >= 15 is 0 Å². The van der Waals surface area contributed by atoms with Gasteiger partial charge in [-0.25, -0.2) is 0 Å². The van der Waals surface area contributed by atoms with Crippen molar-refractivity contribution in [1.82, 2.24) is 0 Å². The van der Waals surface area contributed by atoms with Crippen molar-refractivity contribution in [3.8, 4) is 0 Å². The zero-order chi connectivity index (χ0) is 11.4. The van der Waals surface area contributed by atoms with E-state index in [1.165, 1.54) is 5.69 Å². The van der Waals surface area contributed by atoms with Crippen molar-refractivity contribution in [2.24, 2.45) is 0 Å². The molecule has 0 atom stereocenters. The molecule has 1 heterocycles. The van der Waals surface area contributed by atoms with Crippen LogP contribution in [0.25, 0.3) is 0 Å². The van der Waals surface area contributed by atoms with Crippen LogP contribution in [-0.4, -0.2) is 14.1 Å². The van der Waals surface area contributed by atoms with Crippen molar-refractivity contribution < 1.29 is 4.42 Å².